The molecule has 0 unspecified atom stereocenters. The maximum Gasteiger partial charge on any atom is 0.407 e. The van der Waals surface area contributed by atoms with Gasteiger partial charge < -0.3 is 66.9 Å². The van der Waals surface area contributed by atoms with Gasteiger partial charge in [-0.1, -0.05) is 140 Å². The van der Waals surface area contributed by atoms with Gasteiger partial charge in [-0.05, 0) is 45.4 Å². The molecule has 0 fully saturated rings. The fraction of sp³-hybridized carbons (Fsp3) is 0.475. The molecule has 0 heterocycles. The smallest absolute Gasteiger partial charge is 0.407 e. The second kappa shape index (κ2) is 36.8. The van der Waals surface area contributed by atoms with Crippen molar-refractivity contribution < 1.29 is 66.4 Å². The van der Waals surface area contributed by atoms with Crippen molar-refractivity contribution in [1.29, 1.82) is 0 Å². The molecule has 0 bridgehead atoms. The largest absolute Gasteiger partial charge is 0.449 e. The van der Waals surface area contributed by atoms with Crippen molar-refractivity contribution in [2.75, 3.05) is 165 Å². The molecule has 6 rings (SSSR count). The quantitative estimate of drug-likeness (QED) is 0.0296. The highest BCUT2D eigenvalue weighted by atomic mass is 16.6. The minimum Gasteiger partial charge on any atom is -0.449 e. The highest BCUT2D eigenvalue weighted by molar-refractivity contribution is 5.79. The Hall–Kier alpha value is -5.11. The second-order valence-electron chi connectivity index (χ2n) is 17.0. The number of hydrogen-bond donors (Lipinski definition) is 1. The van der Waals surface area contributed by atoms with Crippen LogP contribution in [0.15, 0.2) is 140 Å². The summed E-state index contributed by atoms with van der Waals surface area (Å²) in [7, 11) is 0. The van der Waals surface area contributed by atoms with Crippen LogP contribution in [-0.2, 0) is 67.2 Å². The normalized spacial score (nSPS) is 12.2. The Morgan fingerprint density at radius 1 is 0.351 bits per heavy atom. The lowest BCUT2D eigenvalue weighted by atomic mass is 9.80. The Balaban J connectivity index is 0.609. The summed E-state index contributed by atoms with van der Waals surface area (Å²) in [5.41, 5.74) is 7.22. The zero-order valence-corrected chi connectivity index (χ0v) is 43.0. The van der Waals surface area contributed by atoms with Crippen LogP contribution in [0.3, 0.4) is 0 Å². The van der Waals surface area contributed by atoms with Crippen LogP contribution in [0.4, 0.5) is 4.79 Å². The van der Waals surface area contributed by atoms with E-state index in [1.54, 1.807) is 0 Å². The Bertz CT molecular complexity index is 2040. The summed E-state index contributed by atoms with van der Waals surface area (Å²) in [6, 6.07) is 47.5. The van der Waals surface area contributed by atoms with Gasteiger partial charge in [-0.2, -0.15) is 0 Å². The van der Waals surface area contributed by atoms with Crippen LogP contribution >= 0.6 is 0 Å². The Morgan fingerprint density at radius 3 is 0.973 bits per heavy atom. The van der Waals surface area contributed by atoms with Gasteiger partial charge in [-0.15, -0.1) is 0 Å². The van der Waals surface area contributed by atoms with Gasteiger partial charge in [0.05, 0.1) is 145 Å². The van der Waals surface area contributed by atoms with E-state index < -0.39 is 11.7 Å². The third kappa shape index (κ3) is 20.9. The first-order valence-corrected chi connectivity index (χ1v) is 26.0. The molecule has 0 aliphatic heterocycles. The third-order valence-corrected chi connectivity index (χ3v) is 11.9. The van der Waals surface area contributed by atoms with E-state index in [9.17, 15) is 4.79 Å². The molecular formula is C59H77NO14. The van der Waals surface area contributed by atoms with E-state index in [-0.39, 0.29) is 5.92 Å². The molecule has 402 valence electrons. The molecule has 0 aromatic heterocycles. The van der Waals surface area contributed by atoms with E-state index in [4.69, 9.17) is 61.6 Å². The molecule has 15 nitrogen and oxygen atoms in total. The molecule has 74 heavy (non-hydrogen) atoms. The van der Waals surface area contributed by atoms with Gasteiger partial charge in [0.25, 0.3) is 0 Å². The first kappa shape index (κ1) is 58.2. The number of rotatable bonds is 43. The van der Waals surface area contributed by atoms with Crippen molar-refractivity contribution in [1.82, 2.24) is 5.32 Å². The second-order valence-corrected chi connectivity index (χ2v) is 17.0. The molecule has 0 radical (unpaired) electrons. The Labute approximate surface area is 437 Å². The van der Waals surface area contributed by atoms with Gasteiger partial charge in [-0.3, -0.25) is 0 Å². The van der Waals surface area contributed by atoms with Crippen LogP contribution in [0.5, 0.6) is 0 Å². The zero-order valence-electron chi connectivity index (χ0n) is 43.0. The van der Waals surface area contributed by atoms with Gasteiger partial charge in [-0.25, -0.2) is 4.79 Å². The summed E-state index contributed by atoms with van der Waals surface area (Å²) in [4.78, 5) is 12.3. The predicted molar refractivity (Wildman–Crippen MR) is 282 cm³/mol. The van der Waals surface area contributed by atoms with Crippen LogP contribution in [0.2, 0.25) is 0 Å². The molecule has 1 aliphatic rings. The summed E-state index contributed by atoms with van der Waals surface area (Å²) < 4.78 is 74.0. The molecule has 0 atom stereocenters. The first-order valence-electron chi connectivity index (χ1n) is 26.0. The van der Waals surface area contributed by atoms with E-state index in [0.717, 1.165) is 16.7 Å². The zero-order chi connectivity index (χ0) is 51.2. The SMILES string of the molecule is O=C(NCCCOCCOCCOCCOCCOCCOCCOCCOCCOCCOCCOCCOC(c1ccccc1)(c1ccccc1)c1ccccc1)OCC1c2ccccc2-c2ccccc21. The van der Waals surface area contributed by atoms with E-state index in [1.165, 1.54) is 22.3 Å². The van der Waals surface area contributed by atoms with Gasteiger partial charge >= 0.3 is 6.09 Å². The molecule has 1 amide bonds. The van der Waals surface area contributed by atoms with Gasteiger partial charge in [0.2, 0.25) is 0 Å². The fourth-order valence-electron chi connectivity index (χ4n) is 8.34. The average Bonchev–Trinajstić information content (AvgIpc) is 3.77. The van der Waals surface area contributed by atoms with Crippen LogP contribution in [0.25, 0.3) is 11.1 Å². The monoisotopic (exact) mass is 1020 g/mol. The molecule has 1 N–H and O–H groups in total. The van der Waals surface area contributed by atoms with Crippen molar-refractivity contribution in [2.24, 2.45) is 0 Å². The molecule has 5 aromatic carbocycles. The molecule has 5 aromatic rings. The first-order chi connectivity index (χ1) is 36.8. The van der Waals surface area contributed by atoms with Crippen LogP contribution in [0.1, 0.15) is 40.2 Å². The van der Waals surface area contributed by atoms with E-state index in [2.05, 4.69) is 66.0 Å². The third-order valence-electron chi connectivity index (χ3n) is 11.9. The lowest BCUT2D eigenvalue weighted by Crippen LogP contribution is -2.34. The van der Waals surface area contributed by atoms with Crippen LogP contribution in [-0.4, -0.2) is 171 Å². The molecule has 0 spiro atoms. The maximum absolute atomic E-state index is 12.3. The predicted octanol–water partition coefficient (Wildman–Crippen LogP) is 8.11. The maximum atomic E-state index is 12.3. The number of fused-ring (bicyclic) bond motifs is 3. The average molecular weight is 1020 g/mol. The number of carbonyl (C=O) groups is 1. The summed E-state index contributed by atoms with van der Waals surface area (Å²) >= 11 is 0. The van der Waals surface area contributed by atoms with Crippen LogP contribution < -0.4 is 5.32 Å². The Morgan fingerprint density at radius 2 is 0.635 bits per heavy atom. The van der Waals surface area contributed by atoms with Gasteiger partial charge in [0, 0.05) is 19.1 Å². The number of hydrogen-bond acceptors (Lipinski definition) is 14. The van der Waals surface area contributed by atoms with E-state index in [1.807, 2.05) is 78.9 Å². The van der Waals surface area contributed by atoms with E-state index >= 15 is 0 Å². The van der Waals surface area contributed by atoms with Crippen molar-refractivity contribution in [3.05, 3.63) is 167 Å². The van der Waals surface area contributed by atoms with Crippen LogP contribution in [0, 0.1) is 0 Å². The molecule has 1 aliphatic carbocycles. The van der Waals surface area contributed by atoms with E-state index in [0.29, 0.717) is 172 Å². The lowest BCUT2D eigenvalue weighted by Gasteiger charge is -2.36. The minimum atomic E-state index is -0.761. The van der Waals surface area contributed by atoms with Crippen molar-refractivity contribution in [3.63, 3.8) is 0 Å². The van der Waals surface area contributed by atoms with Crippen molar-refractivity contribution in [3.8, 4) is 11.1 Å². The number of ether oxygens (including phenoxy) is 13. The molecular weight excluding hydrogens is 947 g/mol. The molecule has 15 heteroatoms. The number of carbonyl (C=O) groups excluding carboxylic acids is 1. The van der Waals surface area contributed by atoms with Gasteiger partial charge in [0.15, 0.2) is 0 Å². The molecule has 0 saturated carbocycles. The summed E-state index contributed by atoms with van der Waals surface area (Å²) in [6.45, 7) is 11.7. The Kier molecular flexibility index (Phi) is 28.9. The number of benzene rings is 5. The number of nitrogens with one attached hydrogen (secondary N) is 1. The van der Waals surface area contributed by atoms with Gasteiger partial charge in [0.1, 0.15) is 12.2 Å². The summed E-state index contributed by atoms with van der Waals surface area (Å²) in [5, 5.41) is 2.81. The number of amides is 1. The standard InChI is InChI=1S/C59H77NO14/c61-58(73-49-57-55-23-12-10-21-53(55)54-22-11-13-24-56(54)57)60-25-14-26-62-27-28-63-29-30-64-31-32-65-33-34-66-35-36-67-37-38-68-39-40-69-41-42-70-43-44-71-45-46-72-47-48-74-59(50-15-4-1-5-16-50,51-17-6-2-7-18-51)52-19-8-3-9-20-52/h1-13,15-24,57H,14,25-49H2,(H,60,61). The minimum absolute atomic E-state index is 0.0439. The fourth-order valence-corrected chi connectivity index (χ4v) is 8.34. The topological polar surface area (TPSA) is 149 Å². The summed E-state index contributed by atoms with van der Waals surface area (Å²) in [5.74, 6) is 0.0439. The van der Waals surface area contributed by atoms with Crippen molar-refractivity contribution >= 4 is 6.09 Å². The summed E-state index contributed by atoms with van der Waals surface area (Å²) in [6.07, 6.45) is 0.261. The molecule has 0 saturated heterocycles. The highest BCUT2D eigenvalue weighted by Gasteiger charge is 2.37. The number of alkyl carbamates (subject to hydrolysis) is 1. The lowest BCUT2D eigenvalue weighted by molar-refractivity contribution is -0.0399. The van der Waals surface area contributed by atoms with Crippen molar-refractivity contribution in [2.45, 2.75) is 17.9 Å². The highest BCUT2D eigenvalue weighted by Crippen LogP contribution is 2.44.